The molecule has 27 heavy (non-hydrogen) atoms. The SMILES string of the molecule is COc1cc(C(=O)NNC(=O)[C@@H](C)Oc2ccc(F)cc2)cc(Cl)c1OC. The standard InChI is InChI=1S/C18H18ClFN2O5/c1-10(27-13-6-4-12(20)5-7-13)17(23)21-22-18(24)11-8-14(19)16(26-3)15(9-11)25-2/h4-10H,1-3H3,(H,21,23)(H,22,24)/t10-/m1/s1. The van der Waals surface area contributed by atoms with Crippen LogP contribution < -0.4 is 25.1 Å². The maximum Gasteiger partial charge on any atom is 0.279 e. The third-order valence-corrected chi connectivity index (χ3v) is 3.77. The van der Waals surface area contributed by atoms with Gasteiger partial charge >= 0.3 is 0 Å². The Kier molecular flexibility index (Phi) is 6.84. The van der Waals surface area contributed by atoms with Crippen molar-refractivity contribution in [2.75, 3.05) is 14.2 Å². The van der Waals surface area contributed by atoms with Gasteiger partial charge in [-0.15, -0.1) is 0 Å². The fourth-order valence-electron chi connectivity index (χ4n) is 2.11. The van der Waals surface area contributed by atoms with Gasteiger partial charge in [-0.25, -0.2) is 4.39 Å². The molecule has 1 atom stereocenters. The molecule has 0 radical (unpaired) electrons. The number of methoxy groups -OCH3 is 2. The van der Waals surface area contributed by atoms with E-state index in [0.29, 0.717) is 11.5 Å². The molecule has 2 amide bonds. The number of halogens is 2. The Labute approximate surface area is 160 Å². The molecular formula is C18H18ClFN2O5. The van der Waals surface area contributed by atoms with E-state index in [1.165, 1.54) is 57.5 Å². The Bertz CT molecular complexity index is 829. The second-order valence-electron chi connectivity index (χ2n) is 5.35. The zero-order valence-corrected chi connectivity index (χ0v) is 15.6. The first kappa shape index (κ1) is 20.3. The van der Waals surface area contributed by atoms with Crippen LogP contribution in [0, 0.1) is 5.82 Å². The van der Waals surface area contributed by atoms with Crippen LogP contribution in [-0.2, 0) is 4.79 Å². The fraction of sp³-hybridized carbons (Fsp3) is 0.222. The number of amides is 2. The minimum absolute atomic E-state index is 0.157. The maximum atomic E-state index is 12.9. The lowest BCUT2D eigenvalue weighted by Crippen LogP contribution is -2.47. The Hall–Kier alpha value is -3.00. The largest absolute Gasteiger partial charge is 0.493 e. The first-order valence-corrected chi connectivity index (χ1v) is 8.17. The molecule has 0 saturated carbocycles. The summed E-state index contributed by atoms with van der Waals surface area (Å²) in [5.41, 5.74) is 4.66. The molecule has 0 aliphatic heterocycles. The maximum absolute atomic E-state index is 12.9. The molecule has 0 bridgehead atoms. The van der Waals surface area contributed by atoms with Gasteiger partial charge in [-0.05, 0) is 43.3 Å². The first-order chi connectivity index (χ1) is 12.8. The van der Waals surface area contributed by atoms with E-state index in [2.05, 4.69) is 10.9 Å². The smallest absolute Gasteiger partial charge is 0.279 e. The molecule has 2 aromatic carbocycles. The molecule has 144 valence electrons. The molecule has 0 saturated heterocycles. The number of nitrogens with one attached hydrogen (secondary N) is 2. The predicted molar refractivity (Wildman–Crippen MR) is 96.7 cm³/mol. The number of carbonyl (C=O) groups excluding carboxylic acids is 2. The highest BCUT2D eigenvalue weighted by Crippen LogP contribution is 2.35. The molecular weight excluding hydrogens is 379 g/mol. The summed E-state index contributed by atoms with van der Waals surface area (Å²) in [5, 5.41) is 0.182. The van der Waals surface area contributed by atoms with Gasteiger partial charge in [-0.3, -0.25) is 20.4 Å². The summed E-state index contributed by atoms with van der Waals surface area (Å²) >= 11 is 6.05. The van der Waals surface area contributed by atoms with E-state index in [1.807, 2.05) is 0 Å². The van der Waals surface area contributed by atoms with Gasteiger partial charge in [0.05, 0.1) is 19.2 Å². The van der Waals surface area contributed by atoms with E-state index in [4.69, 9.17) is 25.8 Å². The van der Waals surface area contributed by atoms with Gasteiger partial charge < -0.3 is 14.2 Å². The summed E-state index contributed by atoms with van der Waals surface area (Å²) in [6.07, 6.45) is -0.926. The van der Waals surface area contributed by atoms with Gasteiger partial charge in [0.2, 0.25) is 0 Å². The summed E-state index contributed by atoms with van der Waals surface area (Å²) in [7, 11) is 2.83. The lowest BCUT2D eigenvalue weighted by molar-refractivity contribution is -0.128. The van der Waals surface area contributed by atoms with Gasteiger partial charge in [-0.2, -0.15) is 0 Å². The van der Waals surface area contributed by atoms with Crippen LogP contribution in [-0.4, -0.2) is 32.1 Å². The Morgan fingerprint density at radius 1 is 1.07 bits per heavy atom. The molecule has 9 heteroatoms. The molecule has 2 aromatic rings. The van der Waals surface area contributed by atoms with Gasteiger partial charge in [0.1, 0.15) is 11.6 Å². The van der Waals surface area contributed by atoms with Crippen molar-refractivity contribution in [1.29, 1.82) is 0 Å². The molecule has 0 spiro atoms. The van der Waals surface area contributed by atoms with Gasteiger partial charge in [0.15, 0.2) is 17.6 Å². The molecule has 0 aliphatic rings. The third kappa shape index (κ3) is 5.24. The summed E-state index contributed by atoms with van der Waals surface area (Å²) in [5.74, 6) is -0.743. The van der Waals surface area contributed by atoms with Crippen molar-refractivity contribution >= 4 is 23.4 Å². The monoisotopic (exact) mass is 396 g/mol. The Balaban J connectivity index is 1.97. The normalized spacial score (nSPS) is 11.3. The van der Waals surface area contributed by atoms with Crippen LogP contribution in [0.15, 0.2) is 36.4 Å². The lowest BCUT2D eigenvalue weighted by Gasteiger charge is -2.16. The van der Waals surface area contributed by atoms with Crippen molar-refractivity contribution in [3.63, 3.8) is 0 Å². The van der Waals surface area contributed by atoms with E-state index in [-0.39, 0.29) is 16.3 Å². The van der Waals surface area contributed by atoms with Gasteiger partial charge in [0.25, 0.3) is 11.8 Å². The van der Waals surface area contributed by atoms with Gasteiger partial charge in [0, 0.05) is 5.56 Å². The van der Waals surface area contributed by atoms with Crippen LogP contribution in [0.2, 0.25) is 5.02 Å². The molecule has 0 fully saturated rings. The summed E-state index contributed by atoms with van der Waals surface area (Å²) in [4.78, 5) is 24.3. The van der Waals surface area contributed by atoms with Crippen LogP contribution >= 0.6 is 11.6 Å². The predicted octanol–water partition coefficient (Wildman–Crippen LogP) is 2.72. The van der Waals surface area contributed by atoms with E-state index in [9.17, 15) is 14.0 Å². The fourth-order valence-corrected chi connectivity index (χ4v) is 2.40. The highest BCUT2D eigenvalue weighted by molar-refractivity contribution is 6.32. The van der Waals surface area contributed by atoms with Crippen molar-refractivity contribution < 1.29 is 28.2 Å². The Morgan fingerprint density at radius 2 is 1.74 bits per heavy atom. The zero-order valence-electron chi connectivity index (χ0n) is 14.8. The highest BCUT2D eigenvalue weighted by Gasteiger charge is 2.18. The van der Waals surface area contributed by atoms with Crippen molar-refractivity contribution in [2.45, 2.75) is 13.0 Å². The van der Waals surface area contributed by atoms with E-state index in [0.717, 1.165) is 0 Å². The molecule has 2 N–H and O–H groups in total. The van der Waals surface area contributed by atoms with Crippen molar-refractivity contribution in [2.24, 2.45) is 0 Å². The average molecular weight is 397 g/mol. The quantitative estimate of drug-likeness (QED) is 0.733. The molecule has 7 nitrogen and oxygen atoms in total. The average Bonchev–Trinajstić information content (AvgIpc) is 2.66. The van der Waals surface area contributed by atoms with Crippen molar-refractivity contribution in [3.8, 4) is 17.2 Å². The Morgan fingerprint density at radius 3 is 2.33 bits per heavy atom. The van der Waals surface area contributed by atoms with Crippen LogP contribution in [0.4, 0.5) is 4.39 Å². The van der Waals surface area contributed by atoms with E-state index >= 15 is 0 Å². The summed E-state index contributed by atoms with van der Waals surface area (Å²) in [6, 6.07) is 8.01. The lowest BCUT2D eigenvalue weighted by atomic mass is 10.2. The number of hydrogen-bond acceptors (Lipinski definition) is 5. The number of hydrazine groups is 1. The molecule has 0 aromatic heterocycles. The van der Waals surface area contributed by atoms with Gasteiger partial charge in [-0.1, -0.05) is 11.6 Å². The number of carbonyl (C=O) groups is 2. The van der Waals surface area contributed by atoms with Crippen molar-refractivity contribution in [1.82, 2.24) is 10.9 Å². The summed E-state index contributed by atoms with van der Waals surface area (Å²) < 4.78 is 28.5. The van der Waals surface area contributed by atoms with E-state index < -0.39 is 23.7 Å². The number of rotatable bonds is 6. The molecule has 2 rings (SSSR count). The second kappa shape index (κ2) is 9.09. The van der Waals surface area contributed by atoms with Crippen LogP contribution in [0.5, 0.6) is 17.2 Å². The minimum Gasteiger partial charge on any atom is -0.493 e. The highest BCUT2D eigenvalue weighted by atomic mass is 35.5. The number of ether oxygens (including phenoxy) is 3. The molecule has 0 aliphatic carbocycles. The number of benzene rings is 2. The number of hydrogen-bond donors (Lipinski definition) is 2. The van der Waals surface area contributed by atoms with Crippen LogP contribution in [0.1, 0.15) is 17.3 Å². The molecule has 0 unspecified atom stereocenters. The first-order valence-electron chi connectivity index (χ1n) is 7.79. The van der Waals surface area contributed by atoms with E-state index in [1.54, 1.807) is 0 Å². The van der Waals surface area contributed by atoms with Crippen LogP contribution in [0.25, 0.3) is 0 Å². The summed E-state index contributed by atoms with van der Waals surface area (Å²) in [6.45, 7) is 1.48. The second-order valence-corrected chi connectivity index (χ2v) is 5.76. The van der Waals surface area contributed by atoms with Crippen molar-refractivity contribution in [3.05, 3.63) is 52.8 Å². The van der Waals surface area contributed by atoms with Crippen LogP contribution in [0.3, 0.4) is 0 Å². The minimum atomic E-state index is -0.926. The third-order valence-electron chi connectivity index (χ3n) is 3.49. The zero-order chi connectivity index (χ0) is 20.0. The topological polar surface area (TPSA) is 85.9 Å². The molecule has 0 heterocycles.